The van der Waals surface area contributed by atoms with E-state index in [2.05, 4.69) is 0 Å². The van der Waals surface area contributed by atoms with Gasteiger partial charge in [-0.1, -0.05) is 0 Å². The first kappa shape index (κ1) is 16.0. The van der Waals surface area contributed by atoms with Crippen LogP contribution < -0.4 is 0 Å². The summed E-state index contributed by atoms with van der Waals surface area (Å²) in [7, 11) is -1.54. The molecule has 0 amide bonds. The minimum absolute atomic E-state index is 0.00322. The molecule has 0 bridgehead atoms. The zero-order valence-electron chi connectivity index (χ0n) is 10.6. The number of likely N-dealkylation sites (N-methyl/N-ethyl adjacent to an activating group) is 1. The zero-order valence-corrected chi connectivity index (χ0v) is 11.4. The Hall–Kier alpha value is -1.09. The fraction of sp³-hybridized carbons (Fsp3) is 0.455. The number of hydrogen-bond acceptors (Lipinski definition) is 4. The van der Waals surface area contributed by atoms with Gasteiger partial charge in [-0.2, -0.15) is 4.31 Å². The van der Waals surface area contributed by atoms with Crippen molar-refractivity contribution in [3.63, 3.8) is 0 Å². The highest BCUT2D eigenvalue weighted by Gasteiger charge is 2.26. The molecule has 108 valence electrons. The fourth-order valence-electron chi connectivity index (χ4n) is 1.40. The molecule has 0 radical (unpaired) electrons. The number of ether oxygens (including phenoxy) is 1. The summed E-state index contributed by atoms with van der Waals surface area (Å²) in [6, 6.07) is 1.67. The third kappa shape index (κ3) is 3.47. The molecule has 0 unspecified atom stereocenters. The standard InChI is InChI=1S/C11H15F2NO4S/c1-14(3-4-18-2)19(16,17)10-6-8(7-15)5-9(12)11(10)13/h5-6,15H,3-4,7H2,1-2H3. The maximum Gasteiger partial charge on any atom is 0.245 e. The summed E-state index contributed by atoms with van der Waals surface area (Å²) in [4.78, 5) is -0.796. The SMILES string of the molecule is COCCN(C)S(=O)(=O)c1cc(CO)cc(F)c1F. The van der Waals surface area contributed by atoms with Crippen LogP contribution >= 0.6 is 0 Å². The van der Waals surface area contributed by atoms with Crippen LogP contribution in [-0.2, 0) is 21.4 Å². The molecule has 19 heavy (non-hydrogen) atoms. The fourth-order valence-corrected chi connectivity index (χ4v) is 2.68. The first-order valence-corrected chi connectivity index (χ1v) is 6.82. The van der Waals surface area contributed by atoms with E-state index in [0.717, 1.165) is 16.4 Å². The van der Waals surface area contributed by atoms with E-state index in [1.165, 1.54) is 14.2 Å². The van der Waals surface area contributed by atoms with E-state index in [1.807, 2.05) is 0 Å². The van der Waals surface area contributed by atoms with Gasteiger partial charge in [-0.3, -0.25) is 0 Å². The average Bonchev–Trinajstić information content (AvgIpc) is 2.38. The lowest BCUT2D eigenvalue weighted by Crippen LogP contribution is -2.31. The lowest BCUT2D eigenvalue weighted by molar-refractivity contribution is 0.185. The second kappa shape index (κ2) is 6.38. The van der Waals surface area contributed by atoms with Crippen molar-refractivity contribution in [3.8, 4) is 0 Å². The first-order valence-electron chi connectivity index (χ1n) is 5.38. The van der Waals surface area contributed by atoms with Crippen molar-refractivity contribution in [1.29, 1.82) is 0 Å². The Labute approximate surface area is 110 Å². The molecule has 0 spiro atoms. The molecule has 1 N–H and O–H groups in total. The highest BCUT2D eigenvalue weighted by atomic mass is 32.2. The van der Waals surface area contributed by atoms with Crippen molar-refractivity contribution in [2.75, 3.05) is 27.3 Å². The van der Waals surface area contributed by atoms with E-state index in [-0.39, 0.29) is 18.7 Å². The number of sulfonamides is 1. The molecule has 0 heterocycles. The van der Waals surface area contributed by atoms with Crippen LogP contribution in [0, 0.1) is 11.6 Å². The van der Waals surface area contributed by atoms with Gasteiger partial charge in [-0.15, -0.1) is 0 Å². The summed E-state index contributed by atoms with van der Waals surface area (Å²) < 4.78 is 56.6. The van der Waals surface area contributed by atoms with Gasteiger partial charge in [-0.05, 0) is 17.7 Å². The van der Waals surface area contributed by atoms with Gasteiger partial charge in [0.1, 0.15) is 4.90 Å². The molecule has 5 nitrogen and oxygen atoms in total. The van der Waals surface area contributed by atoms with Crippen LogP contribution in [0.5, 0.6) is 0 Å². The van der Waals surface area contributed by atoms with Gasteiger partial charge in [0, 0.05) is 20.7 Å². The van der Waals surface area contributed by atoms with Gasteiger partial charge in [0.05, 0.1) is 13.2 Å². The summed E-state index contributed by atoms with van der Waals surface area (Å²) in [5.74, 6) is -2.77. The predicted molar refractivity (Wildman–Crippen MR) is 64.0 cm³/mol. The summed E-state index contributed by atoms with van der Waals surface area (Å²) in [5, 5.41) is 8.91. The normalized spacial score (nSPS) is 12.1. The Morgan fingerprint density at radius 1 is 1.37 bits per heavy atom. The van der Waals surface area contributed by atoms with Crippen molar-refractivity contribution < 1.29 is 27.0 Å². The Morgan fingerprint density at radius 3 is 2.53 bits per heavy atom. The molecule has 0 aliphatic heterocycles. The summed E-state index contributed by atoms with van der Waals surface area (Å²) in [5.41, 5.74) is -0.0161. The number of methoxy groups -OCH3 is 1. The third-order valence-electron chi connectivity index (χ3n) is 2.54. The lowest BCUT2D eigenvalue weighted by Gasteiger charge is -2.17. The van der Waals surface area contributed by atoms with Gasteiger partial charge in [0.2, 0.25) is 10.0 Å². The molecule has 8 heteroatoms. The average molecular weight is 295 g/mol. The van der Waals surface area contributed by atoms with Gasteiger partial charge in [0.15, 0.2) is 11.6 Å². The second-order valence-corrected chi connectivity index (χ2v) is 5.88. The summed E-state index contributed by atoms with van der Waals surface area (Å²) in [6.07, 6.45) is 0. The number of aliphatic hydroxyl groups is 1. The quantitative estimate of drug-likeness (QED) is 0.840. The van der Waals surface area contributed by atoms with Gasteiger partial charge in [-0.25, -0.2) is 17.2 Å². The molecular formula is C11H15F2NO4S. The summed E-state index contributed by atoms with van der Waals surface area (Å²) >= 11 is 0. The number of nitrogens with zero attached hydrogens (tertiary/aromatic N) is 1. The molecule has 0 atom stereocenters. The van der Waals surface area contributed by atoms with Crippen LogP contribution in [-0.4, -0.2) is 45.1 Å². The smallest absolute Gasteiger partial charge is 0.245 e. The van der Waals surface area contributed by atoms with Crippen LogP contribution in [0.2, 0.25) is 0 Å². The van der Waals surface area contributed by atoms with Gasteiger partial charge >= 0.3 is 0 Å². The van der Waals surface area contributed by atoms with Crippen molar-refractivity contribution in [3.05, 3.63) is 29.3 Å². The topological polar surface area (TPSA) is 66.8 Å². The van der Waals surface area contributed by atoms with E-state index in [9.17, 15) is 17.2 Å². The molecule has 1 aromatic carbocycles. The molecule has 0 aliphatic rings. The van der Waals surface area contributed by atoms with E-state index >= 15 is 0 Å². The van der Waals surface area contributed by atoms with Crippen molar-refractivity contribution in [2.24, 2.45) is 0 Å². The number of aliphatic hydroxyl groups excluding tert-OH is 1. The van der Waals surface area contributed by atoms with Gasteiger partial charge in [0.25, 0.3) is 0 Å². The Bertz CT molecular complexity index is 548. The molecule has 1 aromatic rings. The minimum atomic E-state index is -4.17. The lowest BCUT2D eigenvalue weighted by atomic mass is 10.2. The van der Waals surface area contributed by atoms with E-state index in [0.29, 0.717) is 0 Å². The molecule has 0 aliphatic carbocycles. The molecule has 0 saturated carbocycles. The van der Waals surface area contributed by atoms with Crippen molar-refractivity contribution in [1.82, 2.24) is 4.31 Å². The van der Waals surface area contributed by atoms with E-state index in [1.54, 1.807) is 0 Å². The highest BCUT2D eigenvalue weighted by molar-refractivity contribution is 7.89. The van der Waals surface area contributed by atoms with Crippen molar-refractivity contribution in [2.45, 2.75) is 11.5 Å². The molecule has 0 saturated heterocycles. The minimum Gasteiger partial charge on any atom is -0.392 e. The monoisotopic (exact) mass is 295 g/mol. The van der Waals surface area contributed by atoms with Gasteiger partial charge < -0.3 is 9.84 Å². The maximum absolute atomic E-state index is 13.6. The van der Waals surface area contributed by atoms with E-state index in [4.69, 9.17) is 9.84 Å². The maximum atomic E-state index is 13.6. The van der Waals surface area contributed by atoms with E-state index < -0.39 is 33.2 Å². The molecular weight excluding hydrogens is 280 g/mol. The molecule has 0 fully saturated rings. The zero-order chi connectivity index (χ0) is 14.6. The second-order valence-electron chi connectivity index (χ2n) is 3.87. The largest absolute Gasteiger partial charge is 0.392 e. The molecule has 0 aromatic heterocycles. The van der Waals surface area contributed by atoms with Crippen molar-refractivity contribution >= 4 is 10.0 Å². The number of hydrogen-bond donors (Lipinski definition) is 1. The van der Waals surface area contributed by atoms with Crippen LogP contribution in [0.1, 0.15) is 5.56 Å². The third-order valence-corrected chi connectivity index (χ3v) is 4.39. The Morgan fingerprint density at radius 2 is 2.00 bits per heavy atom. The van der Waals surface area contributed by atoms with Crippen LogP contribution in [0.25, 0.3) is 0 Å². The Kier molecular flexibility index (Phi) is 5.36. The molecule has 1 rings (SSSR count). The number of halogens is 2. The number of rotatable bonds is 6. The first-order chi connectivity index (χ1) is 8.84. The predicted octanol–water partition coefficient (Wildman–Crippen LogP) is 0.724. The van der Waals surface area contributed by atoms with Crippen LogP contribution in [0.15, 0.2) is 17.0 Å². The van der Waals surface area contributed by atoms with Crippen LogP contribution in [0.4, 0.5) is 8.78 Å². The van der Waals surface area contributed by atoms with Crippen LogP contribution in [0.3, 0.4) is 0 Å². The summed E-state index contributed by atoms with van der Waals surface area (Å²) in [6.45, 7) is -0.454. The number of benzene rings is 1. The highest BCUT2D eigenvalue weighted by Crippen LogP contribution is 2.22. The Balaban J connectivity index is 3.24.